The van der Waals surface area contributed by atoms with E-state index < -0.39 is 16.8 Å². The van der Waals surface area contributed by atoms with Gasteiger partial charge in [0.2, 0.25) is 5.91 Å². The molecule has 1 amide bonds. The average Bonchev–Trinajstić information content (AvgIpc) is 2.74. The molecule has 0 aromatic heterocycles. The van der Waals surface area contributed by atoms with Gasteiger partial charge in [-0.2, -0.15) is 13.2 Å². The van der Waals surface area contributed by atoms with E-state index in [9.17, 15) is 18.0 Å². The molecule has 2 aromatic rings. The van der Waals surface area contributed by atoms with Gasteiger partial charge in [-0.15, -0.1) is 0 Å². The summed E-state index contributed by atoms with van der Waals surface area (Å²) in [6, 6.07) is 13.0. The molecule has 0 bridgehead atoms. The summed E-state index contributed by atoms with van der Waals surface area (Å²) in [7, 11) is 0. The lowest BCUT2D eigenvalue weighted by Gasteiger charge is -2.34. The summed E-state index contributed by atoms with van der Waals surface area (Å²) in [5.74, 6) is 0.515. The molecule has 5 nitrogen and oxygen atoms in total. The molecule has 1 saturated heterocycles. The minimum absolute atomic E-state index is 0.0822. The minimum Gasteiger partial charge on any atom is -0.494 e. The van der Waals surface area contributed by atoms with E-state index in [2.05, 4.69) is 10.2 Å². The number of amides is 1. The van der Waals surface area contributed by atoms with Gasteiger partial charge in [0.25, 0.3) is 0 Å². The van der Waals surface area contributed by atoms with Gasteiger partial charge in [-0.3, -0.25) is 9.69 Å². The molecule has 0 unspecified atom stereocenters. The number of halogens is 4. The Morgan fingerprint density at radius 3 is 2.39 bits per heavy atom. The van der Waals surface area contributed by atoms with E-state index in [4.69, 9.17) is 16.3 Å². The van der Waals surface area contributed by atoms with Crippen LogP contribution >= 0.6 is 11.6 Å². The zero-order valence-corrected chi connectivity index (χ0v) is 17.8. The lowest BCUT2D eigenvalue weighted by Crippen LogP contribution is -2.48. The predicted octanol–water partition coefficient (Wildman–Crippen LogP) is 4.38. The largest absolute Gasteiger partial charge is 0.494 e. The molecule has 1 N–H and O–H groups in total. The molecular formula is C22H25ClF3N3O2. The number of alkyl halides is 3. The molecule has 31 heavy (non-hydrogen) atoms. The Labute approximate surface area is 184 Å². The molecule has 0 saturated carbocycles. The van der Waals surface area contributed by atoms with Crippen molar-refractivity contribution < 1.29 is 22.7 Å². The van der Waals surface area contributed by atoms with E-state index in [0.29, 0.717) is 6.61 Å². The number of rotatable bonds is 8. The van der Waals surface area contributed by atoms with Crippen molar-refractivity contribution in [2.45, 2.75) is 12.6 Å². The Hall–Kier alpha value is -2.29. The van der Waals surface area contributed by atoms with Gasteiger partial charge in [0.05, 0.1) is 23.7 Å². The molecule has 3 rings (SSSR count). The number of nitrogens with one attached hydrogen (secondary N) is 1. The number of carbonyl (C=O) groups excluding carboxylic acids is 1. The number of hydrogen-bond donors (Lipinski definition) is 1. The van der Waals surface area contributed by atoms with Crippen LogP contribution in [0, 0.1) is 0 Å². The fourth-order valence-electron chi connectivity index (χ4n) is 3.39. The lowest BCUT2D eigenvalue weighted by atomic mass is 10.2. The van der Waals surface area contributed by atoms with E-state index in [0.717, 1.165) is 57.0 Å². The van der Waals surface area contributed by atoms with E-state index in [1.54, 1.807) is 0 Å². The van der Waals surface area contributed by atoms with Crippen molar-refractivity contribution in [3.63, 3.8) is 0 Å². The van der Waals surface area contributed by atoms with E-state index >= 15 is 0 Å². The van der Waals surface area contributed by atoms with Crippen LogP contribution in [-0.2, 0) is 11.0 Å². The third kappa shape index (κ3) is 7.41. The van der Waals surface area contributed by atoms with Crippen LogP contribution in [0.1, 0.15) is 12.0 Å². The highest BCUT2D eigenvalue weighted by molar-refractivity contribution is 6.31. The van der Waals surface area contributed by atoms with Crippen LogP contribution in [0.4, 0.5) is 18.9 Å². The SMILES string of the molecule is O=C(CN1CCN(CCCOc2ccccc2)CC1)Nc1ccc(Cl)c(C(F)(F)F)c1. The highest BCUT2D eigenvalue weighted by atomic mass is 35.5. The third-order valence-corrected chi connectivity index (χ3v) is 5.35. The fraction of sp³-hybridized carbons (Fsp3) is 0.409. The molecule has 0 atom stereocenters. The first-order valence-corrected chi connectivity index (χ1v) is 10.5. The molecule has 0 aliphatic carbocycles. The summed E-state index contributed by atoms with van der Waals surface area (Å²) in [5.41, 5.74) is -0.879. The van der Waals surface area contributed by atoms with E-state index in [-0.39, 0.29) is 18.1 Å². The fourth-order valence-corrected chi connectivity index (χ4v) is 3.61. The molecule has 168 valence electrons. The van der Waals surface area contributed by atoms with Crippen LogP contribution < -0.4 is 10.1 Å². The normalized spacial score (nSPS) is 15.6. The Morgan fingerprint density at radius 1 is 1.03 bits per heavy atom. The Balaban J connectivity index is 1.36. The monoisotopic (exact) mass is 455 g/mol. The highest BCUT2D eigenvalue weighted by Crippen LogP contribution is 2.36. The van der Waals surface area contributed by atoms with Crippen LogP contribution in [-0.4, -0.2) is 61.6 Å². The Morgan fingerprint density at radius 2 is 1.71 bits per heavy atom. The van der Waals surface area contributed by atoms with Crippen LogP contribution in [0.5, 0.6) is 5.75 Å². The summed E-state index contributed by atoms with van der Waals surface area (Å²) < 4.78 is 44.6. The maximum absolute atomic E-state index is 13.0. The van der Waals surface area contributed by atoms with E-state index in [1.807, 2.05) is 35.2 Å². The standard InChI is InChI=1S/C22H25ClF3N3O2/c23-20-8-7-17(15-19(20)22(24,25)26)27-21(30)16-29-12-10-28(11-13-29)9-4-14-31-18-5-2-1-3-6-18/h1-3,5-8,15H,4,9-14,16H2,(H,27,30). The van der Waals surface area contributed by atoms with Gasteiger partial charge in [0.1, 0.15) is 5.75 Å². The second-order valence-electron chi connectivity index (χ2n) is 7.37. The predicted molar refractivity (Wildman–Crippen MR) is 115 cm³/mol. The van der Waals surface area contributed by atoms with Crippen molar-refractivity contribution in [2.24, 2.45) is 0 Å². The van der Waals surface area contributed by atoms with Gasteiger partial charge < -0.3 is 15.0 Å². The quantitative estimate of drug-likeness (QED) is 0.600. The maximum Gasteiger partial charge on any atom is 0.417 e. The van der Waals surface area contributed by atoms with Crippen molar-refractivity contribution >= 4 is 23.2 Å². The average molecular weight is 456 g/mol. The summed E-state index contributed by atoms with van der Waals surface area (Å²) in [4.78, 5) is 16.6. The van der Waals surface area contributed by atoms with Crippen LogP contribution in [0.25, 0.3) is 0 Å². The number of hydrogen-bond acceptors (Lipinski definition) is 4. The van der Waals surface area contributed by atoms with Gasteiger partial charge in [0.15, 0.2) is 0 Å². The van der Waals surface area contributed by atoms with Crippen molar-refractivity contribution in [1.29, 1.82) is 0 Å². The lowest BCUT2D eigenvalue weighted by molar-refractivity contribution is -0.137. The molecule has 1 heterocycles. The number of carbonyl (C=O) groups is 1. The van der Waals surface area contributed by atoms with Crippen molar-refractivity contribution in [1.82, 2.24) is 9.80 Å². The van der Waals surface area contributed by atoms with Crippen LogP contribution in [0.2, 0.25) is 5.02 Å². The Kier molecular flexibility index (Phi) is 8.17. The molecule has 1 aliphatic rings. The molecule has 2 aromatic carbocycles. The van der Waals surface area contributed by atoms with Crippen molar-refractivity contribution in [3.05, 3.63) is 59.1 Å². The number of benzene rings is 2. The smallest absolute Gasteiger partial charge is 0.417 e. The second-order valence-corrected chi connectivity index (χ2v) is 7.78. The van der Waals surface area contributed by atoms with Gasteiger partial charge in [0, 0.05) is 38.4 Å². The first-order chi connectivity index (χ1) is 14.8. The van der Waals surface area contributed by atoms with Crippen molar-refractivity contribution in [2.75, 3.05) is 51.2 Å². The molecule has 1 aliphatic heterocycles. The van der Waals surface area contributed by atoms with Gasteiger partial charge in [-0.05, 0) is 36.8 Å². The number of para-hydroxylation sites is 1. The zero-order chi connectivity index (χ0) is 22.3. The first kappa shape index (κ1) is 23.4. The number of ether oxygens (including phenoxy) is 1. The van der Waals surface area contributed by atoms with Gasteiger partial charge >= 0.3 is 6.18 Å². The summed E-state index contributed by atoms with van der Waals surface area (Å²) in [5, 5.41) is 2.14. The molecular weight excluding hydrogens is 431 g/mol. The van der Waals surface area contributed by atoms with Crippen LogP contribution in [0.15, 0.2) is 48.5 Å². The summed E-state index contributed by atoms with van der Waals surface area (Å²) in [6.45, 7) is 4.80. The topological polar surface area (TPSA) is 44.8 Å². The first-order valence-electron chi connectivity index (χ1n) is 10.1. The van der Waals surface area contributed by atoms with Crippen molar-refractivity contribution in [3.8, 4) is 5.75 Å². The molecule has 1 fully saturated rings. The number of anilines is 1. The molecule has 0 radical (unpaired) electrons. The second kappa shape index (κ2) is 10.8. The van der Waals surface area contributed by atoms with Gasteiger partial charge in [-0.25, -0.2) is 0 Å². The number of nitrogens with zero attached hydrogens (tertiary/aromatic N) is 2. The summed E-state index contributed by atoms with van der Waals surface area (Å²) in [6.07, 6.45) is -3.66. The molecule has 9 heteroatoms. The highest BCUT2D eigenvalue weighted by Gasteiger charge is 2.33. The Bertz CT molecular complexity index is 857. The van der Waals surface area contributed by atoms with Crippen LogP contribution in [0.3, 0.4) is 0 Å². The van der Waals surface area contributed by atoms with E-state index in [1.165, 1.54) is 6.07 Å². The maximum atomic E-state index is 13.0. The summed E-state index contributed by atoms with van der Waals surface area (Å²) >= 11 is 5.61. The third-order valence-electron chi connectivity index (χ3n) is 5.02. The number of piperazine rings is 1. The minimum atomic E-state index is -4.57. The van der Waals surface area contributed by atoms with Gasteiger partial charge in [-0.1, -0.05) is 29.8 Å². The molecule has 0 spiro atoms. The zero-order valence-electron chi connectivity index (χ0n) is 17.0.